The van der Waals surface area contributed by atoms with Crippen molar-refractivity contribution in [2.45, 2.75) is 12.0 Å². The van der Waals surface area contributed by atoms with Crippen LogP contribution in [-0.2, 0) is 0 Å². The molecule has 0 radical (unpaired) electrons. The summed E-state index contributed by atoms with van der Waals surface area (Å²) >= 11 is 6.06. The molecular formula is C19H21ClN2. The molecule has 22 heavy (non-hydrogen) atoms. The van der Waals surface area contributed by atoms with Crippen molar-refractivity contribution in [1.29, 1.82) is 0 Å². The van der Waals surface area contributed by atoms with Crippen LogP contribution in [0.2, 0.25) is 5.02 Å². The number of hydrogen-bond donors (Lipinski definition) is 0. The number of hydrogen-bond acceptors (Lipinski definition) is 2. The van der Waals surface area contributed by atoms with Gasteiger partial charge in [-0.15, -0.1) is 0 Å². The number of benzene rings is 2. The molecule has 0 aliphatic carbocycles. The summed E-state index contributed by atoms with van der Waals surface area (Å²) < 4.78 is 0. The molecule has 1 saturated heterocycles. The molecule has 2 nitrogen and oxygen atoms in total. The Morgan fingerprint density at radius 3 is 2.41 bits per heavy atom. The predicted octanol–water partition coefficient (Wildman–Crippen LogP) is 3.77. The summed E-state index contributed by atoms with van der Waals surface area (Å²) in [5.74, 6) is 0.452. The number of rotatable bonds is 1. The largest absolute Gasteiger partial charge is 0.303 e. The quantitative estimate of drug-likeness (QED) is 0.791. The van der Waals surface area contributed by atoms with Gasteiger partial charge in [0, 0.05) is 43.2 Å². The minimum Gasteiger partial charge on any atom is -0.303 e. The van der Waals surface area contributed by atoms with Crippen LogP contribution in [0.4, 0.5) is 0 Å². The molecule has 2 atom stereocenters. The van der Waals surface area contributed by atoms with E-state index in [1.54, 1.807) is 0 Å². The van der Waals surface area contributed by atoms with E-state index in [2.05, 4.69) is 53.2 Å². The van der Waals surface area contributed by atoms with E-state index < -0.39 is 0 Å². The Balaban J connectivity index is 1.77. The van der Waals surface area contributed by atoms with Crippen molar-refractivity contribution in [1.82, 2.24) is 9.80 Å². The molecule has 0 amide bonds. The van der Waals surface area contributed by atoms with Crippen molar-refractivity contribution in [3.8, 4) is 0 Å². The van der Waals surface area contributed by atoms with Gasteiger partial charge in [0.25, 0.3) is 0 Å². The molecule has 0 N–H and O–H groups in total. The van der Waals surface area contributed by atoms with Gasteiger partial charge < -0.3 is 4.90 Å². The highest BCUT2D eigenvalue weighted by molar-refractivity contribution is 6.30. The van der Waals surface area contributed by atoms with Crippen molar-refractivity contribution >= 4 is 11.6 Å². The fraction of sp³-hybridized carbons (Fsp3) is 0.368. The van der Waals surface area contributed by atoms with E-state index in [9.17, 15) is 0 Å². The first kappa shape index (κ1) is 14.3. The maximum atomic E-state index is 6.06. The minimum atomic E-state index is 0.452. The monoisotopic (exact) mass is 312 g/mol. The number of likely N-dealkylation sites (N-methyl/N-ethyl adjacent to an activating group) is 1. The van der Waals surface area contributed by atoms with E-state index >= 15 is 0 Å². The van der Waals surface area contributed by atoms with Crippen LogP contribution in [0, 0.1) is 0 Å². The molecule has 2 aromatic rings. The zero-order valence-corrected chi connectivity index (χ0v) is 13.6. The Hall–Kier alpha value is -1.35. The van der Waals surface area contributed by atoms with E-state index in [1.165, 1.54) is 16.7 Å². The van der Waals surface area contributed by atoms with Crippen LogP contribution in [0.15, 0.2) is 48.5 Å². The first-order valence-corrected chi connectivity index (χ1v) is 8.37. The molecule has 2 aliphatic heterocycles. The third kappa shape index (κ3) is 2.45. The molecule has 3 heteroatoms. The molecule has 2 aromatic carbocycles. The van der Waals surface area contributed by atoms with Gasteiger partial charge in [0.15, 0.2) is 0 Å². The topological polar surface area (TPSA) is 6.48 Å². The lowest BCUT2D eigenvalue weighted by Gasteiger charge is -2.46. The Morgan fingerprint density at radius 2 is 1.64 bits per heavy atom. The summed E-state index contributed by atoms with van der Waals surface area (Å²) in [6.07, 6.45) is 0. The van der Waals surface area contributed by atoms with Crippen LogP contribution in [0.25, 0.3) is 0 Å². The average molecular weight is 313 g/mol. The van der Waals surface area contributed by atoms with Crippen LogP contribution in [0.3, 0.4) is 0 Å². The SMILES string of the molecule is CN1CCN2C[C@H](c3ccc(Cl)cc3)c3ccccc3[C@@H]2C1. The van der Waals surface area contributed by atoms with Gasteiger partial charge in [-0.1, -0.05) is 48.0 Å². The molecule has 0 spiro atoms. The van der Waals surface area contributed by atoms with Gasteiger partial charge in [-0.2, -0.15) is 0 Å². The second-order valence-electron chi connectivity index (χ2n) is 6.51. The summed E-state index contributed by atoms with van der Waals surface area (Å²) in [6, 6.07) is 17.9. The number of piperazine rings is 1. The lowest BCUT2D eigenvalue weighted by Crippen LogP contribution is -2.50. The smallest absolute Gasteiger partial charge is 0.0478 e. The number of fused-ring (bicyclic) bond motifs is 3. The van der Waals surface area contributed by atoms with Gasteiger partial charge in [0.05, 0.1) is 0 Å². The zero-order valence-electron chi connectivity index (χ0n) is 12.9. The first-order chi connectivity index (χ1) is 10.7. The van der Waals surface area contributed by atoms with Crippen molar-refractivity contribution in [2.24, 2.45) is 0 Å². The molecule has 0 aromatic heterocycles. The molecule has 114 valence electrons. The second-order valence-corrected chi connectivity index (χ2v) is 6.94. The Morgan fingerprint density at radius 1 is 0.909 bits per heavy atom. The van der Waals surface area contributed by atoms with Gasteiger partial charge in [-0.05, 0) is 35.9 Å². The summed E-state index contributed by atoms with van der Waals surface area (Å²) in [5.41, 5.74) is 4.36. The van der Waals surface area contributed by atoms with Gasteiger partial charge in [-0.3, -0.25) is 4.90 Å². The summed E-state index contributed by atoms with van der Waals surface area (Å²) in [4.78, 5) is 5.10. The van der Waals surface area contributed by atoms with E-state index in [-0.39, 0.29) is 0 Å². The average Bonchev–Trinajstić information content (AvgIpc) is 2.55. The predicted molar refractivity (Wildman–Crippen MR) is 91.5 cm³/mol. The third-order valence-electron chi connectivity index (χ3n) is 5.11. The molecule has 0 saturated carbocycles. The van der Waals surface area contributed by atoms with Gasteiger partial charge in [0.1, 0.15) is 0 Å². The Kier molecular flexibility index (Phi) is 3.69. The van der Waals surface area contributed by atoms with Crippen LogP contribution >= 0.6 is 11.6 Å². The maximum absolute atomic E-state index is 6.06. The van der Waals surface area contributed by atoms with Gasteiger partial charge >= 0.3 is 0 Å². The van der Waals surface area contributed by atoms with Crippen LogP contribution in [-0.4, -0.2) is 43.0 Å². The lowest BCUT2D eigenvalue weighted by atomic mass is 9.80. The van der Waals surface area contributed by atoms with Gasteiger partial charge in [0.2, 0.25) is 0 Å². The van der Waals surface area contributed by atoms with Crippen LogP contribution in [0.1, 0.15) is 28.7 Å². The summed E-state index contributed by atoms with van der Waals surface area (Å²) in [7, 11) is 2.23. The highest BCUT2D eigenvalue weighted by Crippen LogP contribution is 2.40. The maximum Gasteiger partial charge on any atom is 0.0478 e. The Bertz CT molecular complexity index is 667. The Labute approximate surface area is 137 Å². The van der Waals surface area contributed by atoms with E-state index in [0.717, 1.165) is 31.2 Å². The van der Waals surface area contributed by atoms with Crippen LogP contribution < -0.4 is 0 Å². The van der Waals surface area contributed by atoms with E-state index in [4.69, 9.17) is 11.6 Å². The van der Waals surface area contributed by atoms with Crippen molar-refractivity contribution in [3.05, 3.63) is 70.2 Å². The highest BCUT2D eigenvalue weighted by Gasteiger charge is 2.36. The van der Waals surface area contributed by atoms with Crippen molar-refractivity contribution in [3.63, 3.8) is 0 Å². The molecule has 2 aliphatic rings. The highest BCUT2D eigenvalue weighted by atomic mass is 35.5. The van der Waals surface area contributed by atoms with Crippen molar-refractivity contribution < 1.29 is 0 Å². The molecule has 0 unspecified atom stereocenters. The molecule has 0 bridgehead atoms. The number of nitrogens with zero attached hydrogens (tertiary/aromatic N) is 2. The van der Waals surface area contributed by atoms with E-state index in [1.807, 2.05) is 12.1 Å². The number of halogens is 1. The normalized spacial score (nSPS) is 25.5. The minimum absolute atomic E-state index is 0.452. The van der Waals surface area contributed by atoms with E-state index in [0.29, 0.717) is 12.0 Å². The molecule has 2 heterocycles. The zero-order chi connectivity index (χ0) is 15.1. The summed E-state index contributed by atoms with van der Waals surface area (Å²) in [6.45, 7) is 4.55. The molecule has 1 fully saturated rings. The molecular weight excluding hydrogens is 292 g/mol. The van der Waals surface area contributed by atoms with Crippen molar-refractivity contribution in [2.75, 3.05) is 33.2 Å². The fourth-order valence-electron chi connectivity index (χ4n) is 3.92. The third-order valence-corrected chi connectivity index (χ3v) is 5.37. The molecule has 4 rings (SSSR count). The van der Waals surface area contributed by atoms with Crippen LogP contribution in [0.5, 0.6) is 0 Å². The second kappa shape index (κ2) is 5.69. The fourth-order valence-corrected chi connectivity index (χ4v) is 4.04. The first-order valence-electron chi connectivity index (χ1n) is 7.99. The standard InChI is InChI=1S/C19H21ClN2/c1-21-10-11-22-12-18(14-6-8-15(20)9-7-14)16-4-2-3-5-17(16)19(22)13-21/h2-9,18-19H,10-13H2,1H3/t18-,19+/m1/s1. The van der Waals surface area contributed by atoms with Gasteiger partial charge in [-0.25, -0.2) is 0 Å². The lowest BCUT2D eigenvalue weighted by molar-refractivity contribution is 0.0772. The summed E-state index contributed by atoms with van der Waals surface area (Å²) in [5, 5.41) is 0.810.